The normalized spacial score (nSPS) is 15.2. The van der Waals surface area contributed by atoms with E-state index in [-0.39, 0.29) is 24.4 Å². The van der Waals surface area contributed by atoms with E-state index in [0.29, 0.717) is 17.8 Å². The summed E-state index contributed by atoms with van der Waals surface area (Å²) in [5.74, 6) is 0.137. The van der Waals surface area contributed by atoms with Crippen LogP contribution in [0.2, 0.25) is 0 Å². The molecule has 2 aromatic heterocycles. The highest BCUT2D eigenvalue weighted by Crippen LogP contribution is 2.44. The molecule has 3 atom stereocenters. The van der Waals surface area contributed by atoms with Gasteiger partial charge in [0.2, 0.25) is 0 Å². The van der Waals surface area contributed by atoms with Crippen LogP contribution in [0, 0.1) is 0 Å². The number of hydrogen-bond acceptors (Lipinski definition) is 9. The SMILES string of the molecule is CC(C)OC(=O)[C@H](C)N[P@@](=O)(CO[C@H](C)Cc1cnc2c(N)ncnn12)Oc1ccccc1. The van der Waals surface area contributed by atoms with Gasteiger partial charge in [0.05, 0.1) is 24.1 Å². The van der Waals surface area contributed by atoms with E-state index in [1.165, 1.54) is 6.33 Å². The Morgan fingerprint density at radius 2 is 1.91 bits per heavy atom. The highest BCUT2D eigenvalue weighted by atomic mass is 31.2. The number of fused-ring (bicyclic) bond motifs is 1. The lowest BCUT2D eigenvalue weighted by Crippen LogP contribution is -2.37. The van der Waals surface area contributed by atoms with Gasteiger partial charge < -0.3 is 19.7 Å². The largest absolute Gasteiger partial charge is 0.462 e. The second kappa shape index (κ2) is 10.7. The third-order valence-electron chi connectivity index (χ3n) is 4.52. The van der Waals surface area contributed by atoms with Crippen molar-refractivity contribution in [3.05, 3.63) is 48.5 Å². The molecule has 3 aromatic rings. The maximum atomic E-state index is 13.6. The average molecular weight is 476 g/mol. The van der Waals surface area contributed by atoms with Gasteiger partial charge in [0.1, 0.15) is 24.5 Å². The average Bonchev–Trinajstić information content (AvgIpc) is 3.16. The number of anilines is 1. The molecule has 178 valence electrons. The van der Waals surface area contributed by atoms with Gasteiger partial charge in [-0.05, 0) is 39.8 Å². The molecule has 33 heavy (non-hydrogen) atoms. The van der Waals surface area contributed by atoms with Crippen molar-refractivity contribution in [3.63, 3.8) is 0 Å². The molecule has 0 bridgehead atoms. The Morgan fingerprint density at radius 1 is 1.18 bits per heavy atom. The second-order valence-electron chi connectivity index (χ2n) is 7.85. The monoisotopic (exact) mass is 476 g/mol. The summed E-state index contributed by atoms with van der Waals surface area (Å²) in [6.07, 6.45) is 2.49. The highest BCUT2D eigenvalue weighted by Gasteiger charge is 2.32. The number of carbonyl (C=O) groups excluding carboxylic acids is 1. The number of nitrogens with one attached hydrogen (secondary N) is 1. The van der Waals surface area contributed by atoms with Crippen molar-refractivity contribution in [1.29, 1.82) is 0 Å². The Morgan fingerprint density at radius 3 is 2.61 bits per heavy atom. The number of nitrogens with zero attached hydrogens (tertiary/aromatic N) is 4. The van der Waals surface area contributed by atoms with E-state index in [4.69, 9.17) is 19.7 Å². The molecule has 3 N–H and O–H groups in total. The highest BCUT2D eigenvalue weighted by molar-refractivity contribution is 7.57. The summed E-state index contributed by atoms with van der Waals surface area (Å²) >= 11 is 0. The number of ether oxygens (including phenoxy) is 2. The molecule has 0 aliphatic rings. The zero-order chi connectivity index (χ0) is 24.0. The third-order valence-corrected chi connectivity index (χ3v) is 6.29. The van der Waals surface area contributed by atoms with Gasteiger partial charge in [-0.3, -0.25) is 9.36 Å². The Bertz CT molecular complexity index is 1120. The van der Waals surface area contributed by atoms with Crippen LogP contribution in [0.3, 0.4) is 0 Å². The van der Waals surface area contributed by atoms with Crippen LogP contribution in [0.1, 0.15) is 33.4 Å². The standard InChI is InChI=1S/C21H29N6O5P/c1-14(2)31-21(28)16(4)26-33(29,32-18-8-6-5-7-9-18)13-30-15(3)10-17-11-23-20-19(22)24-12-25-27(17)20/h5-9,11-12,14-16H,10,13H2,1-4H3,(H,26,29)(H2,22,24,25)/t15-,16+,33-/m1/s1. The van der Waals surface area contributed by atoms with Gasteiger partial charge in [-0.1, -0.05) is 18.2 Å². The molecular weight excluding hydrogens is 447 g/mol. The first-order chi connectivity index (χ1) is 15.7. The number of esters is 1. The minimum Gasteiger partial charge on any atom is -0.462 e. The van der Waals surface area contributed by atoms with E-state index in [1.54, 1.807) is 55.7 Å². The van der Waals surface area contributed by atoms with E-state index in [0.717, 1.165) is 5.69 Å². The van der Waals surface area contributed by atoms with Crippen molar-refractivity contribution in [1.82, 2.24) is 24.7 Å². The number of para-hydroxylation sites is 1. The maximum Gasteiger partial charge on any atom is 0.342 e. The van der Waals surface area contributed by atoms with Gasteiger partial charge in [-0.15, -0.1) is 0 Å². The lowest BCUT2D eigenvalue weighted by molar-refractivity contribution is -0.149. The van der Waals surface area contributed by atoms with E-state index in [9.17, 15) is 9.36 Å². The number of hydrogen-bond donors (Lipinski definition) is 2. The van der Waals surface area contributed by atoms with Crippen LogP contribution < -0.4 is 15.3 Å². The summed E-state index contributed by atoms with van der Waals surface area (Å²) in [7, 11) is -3.64. The third kappa shape index (κ3) is 6.74. The first kappa shape index (κ1) is 24.6. The van der Waals surface area contributed by atoms with Crippen LogP contribution in [0.4, 0.5) is 5.82 Å². The summed E-state index contributed by atoms with van der Waals surface area (Å²) in [5.41, 5.74) is 7.04. The van der Waals surface area contributed by atoms with Crippen molar-refractivity contribution < 1.29 is 23.4 Å². The van der Waals surface area contributed by atoms with Gasteiger partial charge in [-0.2, -0.15) is 5.10 Å². The molecule has 0 spiro atoms. The number of nitrogens with two attached hydrogens (primary N) is 1. The van der Waals surface area contributed by atoms with Crippen LogP contribution in [-0.4, -0.2) is 50.1 Å². The molecule has 0 radical (unpaired) electrons. The van der Waals surface area contributed by atoms with Crippen molar-refractivity contribution >= 4 is 25.0 Å². The summed E-state index contributed by atoms with van der Waals surface area (Å²) in [6.45, 7) is 6.88. The van der Waals surface area contributed by atoms with Gasteiger partial charge in [-0.25, -0.2) is 19.6 Å². The topological polar surface area (TPSA) is 143 Å². The molecule has 2 heterocycles. The minimum atomic E-state index is -3.64. The van der Waals surface area contributed by atoms with E-state index >= 15 is 0 Å². The summed E-state index contributed by atoms with van der Waals surface area (Å²) in [5, 5.41) is 6.94. The van der Waals surface area contributed by atoms with Gasteiger partial charge in [0.15, 0.2) is 11.5 Å². The molecule has 0 aliphatic heterocycles. The molecule has 0 saturated carbocycles. The number of imidazole rings is 1. The smallest absolute Gasteiger partial charge is 0.342 e. The van der Waals surface area contributed by atoms with Crippen molar-refractivity contribution in [3.8, 4) is 5.75 Å². The first-order valence-electron chi connectivity index (χ1n) is 10.5. The quantitative estimate of drug-likeness (QED) is 0.313. The van der Waals surface area contributed by atoms with Gasteiger partial charge >= 0.3 is 13.5 Å². The van der Waals surface area contributed by atoms with E-state index in [2.05, 4.69) is 20.2 Å². The van der Waals surface area contributed by atoms with Crippen LogP contribution in [-0.2, 0) is 25.3 Å². The first-order valence-corrected chi connectivity index (χ1v) is 12.3. The molecule has 0 unspecified atom stereocenters. The Balaban J connectivity index is 1.70. The van der Waals surface area contributed by atoms with Gasteiger partial charge in [0, 0.05) is 6.42 Å². The predicted molar refractivity (Wildman–Crippen MR) is 123 cm³/mol. The van der Waals surface area contributed by atoms with Gasteiger partial charge in [0.25, 0.3) is 0 Å². The summed E-state index contributed by atoms with van der Waals surface area (Å²) in [4.78, 5) is 20.4. The van der Waals surface area contributed by atoms with E-state index in [1.807, 2.05) is 13.0 Å². The zero-order valence-electron chi connectivity index (χ0n) is 19.0. The molecule has 11 nitrogen and oxygen atoms in total. The summed E-state index contributed by atoms with van der Waals surface area (Å²) < 4.78 is 32.0. The lowest BCUT2D eigenvalue weighted by Gasteiger charge is -2.25. The molecule has 0 fully saturated rings. The fraction of sp³-hybridized carbons (Fsp3) is 0.429. The minimum absolute atomic E-state index is 0.268. The summed E-state index contributed by atoms with van der Waals surface area (Å²) in [6, 6.07) is 7.84. The van der Waals surface area contributed by atoms with Crippen LogP contribution in [0.15, 0.2) is 42.9 Å². The Kier molecular flexibility index (Phi) is 8.01. The maximum absolute atomic E-state index is 13.6. The Labute approximate surface area is 192 Å². The molecule has 12 heteroatoms. The number of rotatable bonds is 11. The predicted octanol–water partition coefficient (Wildman–Crippen LogP) is 2.81. The fourth-order valence-electron chi connectivity index (χ4n) is 3.02. The van der Waals surface area contributed by atoms with Crippen LogP contribution >= 0.6 is 7.52 Å². The number of aromatic nitrogens is 4. The number of nitrogen functional groups attached to an aromatic ring is 1. The van der Waals surface area contributed by atoms with E-state index < -0.39 is 19.5 Å². The number of carbonyl (C=O) groups is 1. The van der Waals surface area contributed by atoms with Crippen molar-refractivity contribution in [2.24, 2.45) is 0 Å². The molecule has 1 aromatic carbocycles. The molecule has 0 amide bonds. The number of benzene rings is 1. The van der Waals surface area contributed by atoms with Crippen molar-refractivity contribution in [2.75, 3.05) is 12.1 Å². The van der Waals surface area contributed by atoms with Crippen LogP contribution in [0.25, 0.3) is 5.65 Å². The molecular formula is C21H29N6O5P. The molecule has 0 saturated heterocycles. The molecule has 0 aliphatic carbocycles. The Hall–Kier alpha value is -3.01. The van der Waals surface area contributed by atoms with Crippen molar-refractivity contribution in [2.45, 2.75) is 52.4 Å². The zero-order valence-corrected chi connectivity index (χ0v) is 19.9. The lowest BCUT2D eigenvalue weighted by atomic mass is 10.2. The second-order valence-corrected chi connectivity index (χ2v) is 9.90. The fourth-order valence-corrected chi connectivity index (χ4v) is 4.81. The van der Waals surface area contributed by atoms with Crippen LogP contribution in [0.5, 0.6) is 5.75 Å². The molecule has 3 rings (SSSR count).